The van der Waals surface area contributed by atoms with Crippen molar-refractivity contribution in [2.24, 2.45) is 0 Å². The zero-order valence-corrected chi connectivity index (χ0v) is 31.3. The molecule has 256 valence electrons. The van der Waals surface area contributed by atoms with Gasteiger partial charge in [0.15, 0.2) is 0 Å². The van der Waals surface area contributed by atoms with E-state index in [0.717, 1.165) is 38.8 Å². The van der Waals surface area contributed by atoms with Crippen molar-refractivity contribution in [1.82, 2.24) is 9.13 Å². The maximum atomic E-state index is 7.74. The first-order valence-corrected chi connectivity index (χ1v) is 19.3. The van der Waals surface area contributed by atoms with Crippen molar-refractivity contribution >= 4 is 93.0 Å². The number of aromatic nitrogens is 2. The molecule has 0 atom stereocenters. The molecule has 3 heterocycles. The number of para-hydroxylation sites is 3. The van der Waals surface area contributed by atoms with E-state index in [9.17, 15) is 0 Å². The van der Waals surface area contributed by atoms with Crippen LogP contribution in [0.25, 0.3) is 65.1 Å². The van der Waals surface area contributed by atoms with Crippen LogP contribution in [0, 0.1) is 0 Å². The molecule has 0 aliphatic rings. The number of rotatable bonds is 5. The molecule has 0 aliphatic heterocycles. The van der Waals surface area contributed by atoms with Crippen molar-refractivity contribution in [3.05, 3.63) is 174 Å². The molecule has 3 aromatic heterocycles. The lowest BCUT2D eigenvalue weighted by atomic mass is 9.87. The third kappa shape index (κ3) is 5.01. The van der Waals surface area contributed by atoms with Crippen molar-refractivity contribution in [2.75, 3.05) is 4.90 Å². The van der Waals surface area contributed by atoms with Crippen molar-refractivity contribution in [3.63, 3.8) is 0 Å². The van der Waals surface area contributed by atoms with E-state index in [1.54, 1.807) is 11.3 Å². The van der Waals surface area contributed by atoms with Crippen LogP contribution in [0.4, 0.5) is 16.4 Å². The Bertz CT molecular complexity index is 2960. The minimum Gasteiger partial charge on any atom is -0.309 e. The highest BCUT2D eigenvalue weighted by atomic mass is 35.5. The molecule has 0 fully saturated rings. The van der Waals surface area contributed by atoms with E-state index in [4.69, 9.17) is 11.6 Å². The Kier molecular flexibility index (Phi) is 7.30. The Morgan fingerprint density at radius 3 is 2.00 bits per heavy atom. The lowest BCUT2D eigenvalue weighted by Gasteiger charge is -2.27. The summed E-state index contributed by atoms with van der Waals surface area (Å²) in [6.07, 6.45) is 0. The summed E-state index contributed by atoms with van der Waals surface area (Å²) in [5.41, 5.74) is 10.0. The number of fused-ring (bicyclic) bond motifs is 8. The number of thiophene rings is 1. The molecule has 0 amide bonds. The molecular weight excluding hydrogens is 686 g/mol. The molecule has 0 saturated carbocycles. The molecule has 0 aliphatic carbocycles. The van der Waals surface area contributed by atoms with Crippen LogP contribution in [0.3, 0.4) is 0 Å². The lowest BCUT2D eigenvalue weighted by Crippen LogP contribution is -2.13. The second-order valence-corrected chi connectivity index (χ2v) is 16.2. The predicted octanol–water partition coefficient (Wildman–Crippen LogP) is 14.5. The summed E-state index contributed by atoms with van der Waals surface area (Å²) in [5.74, 6) is 0. The van der Waals surface area contributed by atoms with Crippen LogP contribution in [0.1, 0.15) is 26.3 Å². The Morgan fingerprint density at radius 2 is 1.25 bits per heavy atom. The van der Waals surface area contributed by atoms with E-state index >= 15 is 0 Å². The minimum atomic E-state index is 0.0483. The highest BCUT2D eigenvalue weighted by molar-refractivity contribution is 7.23. The van der Waals surface area contributed by atoms with Crippen molar-refractivity contribution in [3.8, 4) is 11.4 Å². The number of halogens is 1. The summed E-state index contributed by atoms with van der Waals surface area (Å²) in [6, 6.07) is 59.0. The van der Waals surface area contributed by atoms with Crippen LogP contribution in [0.2, 0.25) is 5.02 Å². The van der Waals surface area contributed by atoms with Crippen LogP contribution in [-0.4, -0.2) is 9.13 Å². The standard InChI is InChI=1S/C48H36ClN3S/c1-48(2,3)32-24-26-34(27-25-32)50(44-30-31-14-7-12-23-43(31)53-44)41-21-13-22-42(46(41)49)52-39-20-11-9-18-37(39)45-40(52)29-28-36-35-17-8-10-19-38(35)51(47(36)45)33-15-5-4-6-16-33/h4-30H,1-3H3. The van der Waals surface area contributed by atoms with Gasteiger partial charge in [0.1, 0.15) is 5.00 Å². The fraction of sp³-hybridized carbons (Fsp3) is 0.0833. The number of hydrogen-bond acceptors (Lipinski definition) is 2. The van der Waals surface area contributed by atoms with Gasteiger partial charge in [-0.25, -0.2) is 0 Å². The average molecular weight is 722 g/mol. The maximum absolute atomic E-state index is 7.74. The predicted molar refractivity (Wildman–Crippen MR) is 229 cm³/mol. The average Bonchev–Trinajstić information content (AvgIpc) is 3.86. The molecule has 10 aromatic rings. The quantitative estimate of drug-likeness (QED) is 0.172. The van der Waals surface area contributed by atoms with E-state index in [1.807, 2.05) is 0 Å². The van der Waals surface area contributed by atoms with E-state index in [0.29, 0.717) is 5.02 Å². The lowest BCUT2D eigenvalue weighted by molar-refractivity contribution is 0.590. The molecule has 0 radical (unpaired) electrons. The third-order valence-electron chi connectivity index (χ3n) is 10.5. The molecule has 0 unspecified atom stereocenters. The third-order valence-corrected chi connectivity index (χ3v) is 12.0. The van der Waals surface area contributed by atoms with Gasteiger partial charge in [-0.1, -0.05) is 129 Å². The second-order valence-electron chi connectivity index (χ2n) is 14.8. The number of nitrogens with zero attached hydrogens (tertiary/aromatic N) is 3. The first-order valence-electron chi connectivity index (χ1n) is 18.1. The molecule has 5 heteroatoms. The van der Waals surface area contributed by atoms with Gasteiger partial charge in [0.2, 0.25) is 0 Å². The number of benzene rings is 7. The molecular formula is C48H36ClN3S. The maximum Gasteiger partial charge on any atom is 0.101 e. The molecule has 0 bridgehead atoms. The summed E-state index contributed by atoms with van der Waals surface area (Å²) in [5, 5.41) is 7.89. The van der Waals surface area contributed by atoms with Gasteiger partial charge in [0.25, 0.3) is 0 Å². The molecule has 3 nitrogen and oxygen atoms in total. The summed E-state index contributed by atoms with van der Waals surface area (Å²) in [7, 11) is 0. The Balaban J connectivity index is 1.25. The van der Waals surface area contributed by atoms with Crippen molar-refractivity contribution < 1.29 is 0 Å². The zero-order chi connectivity index (χ0) is 35.8. The van der Waals surface area contributed by atoms with Crippen LogP contribution >= 0.6 is 22.9 Å². The van der Waals surface area contributed by atoms with Crippen LogP contribution < -0.4 is 4.90 Å². The Morgan fingerprint density at radius 1 is 0.566 bits per heavy atom. The van der Waals surface area contributed by atoms with E-state index in [1.165, 1.54) is 48.2 Å². The van der Waals surface area contributed by atoms with Gasteiger partial charge in [0.05, 0.1) is 38.5 Å². The van der Waals surface area contributed by atoms with Crippen molar-refractivity contribution in [2.45, 2.75) is 26.2 Å². The molecule has 0 N–H and O–H groups in total. The number of anilines is 3. The van der Waals surface area contributed by atoms with Gasteiger partial charge in [0, 0.05) is 37.6 Å². The summed E-state index contributed by atoms with van der Waals surface area (Å²) in [4.78, 5) is 2.32. The summed E-state index contributed by atoms with van der Waals surface area (Å²) >= 11 is 9.53. The molecule has 0 saturated heterocycles. The summed E-state index contributed by atoms with van der Waals surface area (Å²) < 4.78 is 6.02. The van der Waals surface area contributed by atoms with E-state index < -0.39 is 0 Å². The van der Waals surface area contributed by atoms with Gasteiger partial charge in [-0.2, -0.15) is 0 Å². The molecule has 10 rings (SSSR count). The van der Waals surface area contributed by atoms with Gasteiger partial charge >= 0.3 is 0 Å². The highest BCUT2D eigenvalue weighted by Gasteiger charge is 2.25. The van der Waals surface area contributed by atoms with Gasteiger partial charge in [-0.05, 0) is 83.1 Å². The number of hydrogen-bond donors (Lipinski definition) is 0. The van der Waals surface area contributed by atoms with Gasteiger partial charge < -0.3 is 14.0 Å². The van der Waals surface area contributed by atoms with Gasteiger partial charge in [-0.15, -0.1) is 11.3 Å². The normalized spacial score (nSPS) is 12.2. The molecule has 0 spiro atoms. The highest BCUT2D eigenvalue weighted by Crippen LogP contribution is 2.48. The molecule has 53 heavy (non-hydrogen) atoms. The van der Waals surface area contributed by atoms with Gasteiger partial charge in [-0.3, -0.25) is 0 Å². The van der Waals surface area contributed by atoms with Crippen LogP contribution in [0.15, 0.2) is 164 Å². The first kappa shape index (κ1) is 31.9. The fourth-order valence-electron chi connectivity index (χ4n) is 8.04. The smallest absolute Gasteiger partial charge is 0.101 e. The Hall–Kier alpha value is -5.81. The first-order chi connectivity index (χ1) is 25.9. The van der Waals surface area contributed by atoms with E-state index in [-0.39, 0.29) is 5.41 Å². The molecule has 7 aromatic carbocycles. The topological polar surface area (TPSA) is 13.1 Å². The zero-order valence-electron chi connectivity index (χ0n) is 29.7. The minimum absolute atomic E-state index is 0.0483. The summed E-state index contributed by atoms with van der Waals surface area (Å²) in [6.45, 7) is 6.76. The largest absolute Gasteiger partial charge is 0.309 e. The Labute approximate surface area is 317 Å². The second kappa shape index (κ2) is 12.1. The van der Waals surface area contributed by atoms with E-state index in [2.05, 4.69) is 199 Å². The fourth-order valence-corrected chi connectivity index (χ4v) is 9.43. The monoisotopic (exact) mass is 721 g/mol. The van der Waals surface area contributed by atoms with Crippen molar-refractivity contribution in [1.29, 1.82) is 0 Å². The SMILES string of the molecule is CC(C)(C)c1ccc(N(c2cc3ccccc3s2)c2cccc(-n3c4ccccc4c4c3ccc3c5ccccc5n(-c5ccccc5)c34)c2Cl)cc1. The van der Waals surface area contributed by atoms with Crippen LogP contribution in [0.5, 0.6) is 0 Å². The van der Waals surface area contributed by atoms with Crippen LogP contribution in [-0.2, 0) is 5.41 Å².